The van der Waals surface area contributed by atoms with Crippen LogP contribution in [-0.4, -0.2) is 47.2 Å². The fourth-order valence-electron chi connectivity index (χ4n) is 2.02. The van der Waals surface area contributed by atoms with Crippen LogP contribution in [-0.2, 0) is 14.3 Å². The zero-order chi connectivity index (χ0) is 12.8. The van der Waals surface area contributed by atoms with Gasteiger partial charge in [0, 0.05) is 19.4 Å². The van der Waals surface area contributed by atoms with Crippen LogP contribution >= 0.6 is 0 Å². The summed E-state index contributed by atoms with van der Waals surface area (Å²) in [4.78, 5) is 24.2. The predicted octanol–water partition coefficient (Wildman–Crippen LogP) is 1.27. The van der Waals surface area contributed by atoms with E-state index in [4.69, 9.17) is 9.84 Å². The third-order valence-electron chi connectivity index (χ3n) is 3.04. The number of aliphatic carboxylic acids is 1. The molecular weight excluding hydrogens is 222 g/mol. The number of carboxylic acids is 1. The maximum Gasteiger partial charge on any atom is 0.303 e. The first-order chi connectivity index (χ1) is 8.04. The van der Waals surface area contributed by atoms with Gasteiger partial charge < -0.3 is 14.7 Å². The molecule has 1 fully saturated rings. The highest BCUT2D eigenvalue weighted by Gasteiger charge is 2.28. The van der Waals surface area contributed by atoms with Gasteiger partial charge in [0.05, 0.1) is 18.8 Å². The van der Waals surface area contributed by atoms with Gasteiger partial charge in [0.2, 0.25) is 5.91 Å². The molecule has 1 aliphatic rings. The molecule has 0 radical (unpaired) electrons. The molecule has 98 valence electrons. The number of ether oxygens (including phenoxy) is 1. The van der Waals surface area contributed by atoms with Crippen molar-refractivity contribution in [3.8, 4) is 0 Å². The van der Waals surface area contributed by atoms with Crippen molar-refractivity contribution in [2.24, 2.45) is 0 Å². The molecule has 2 unspecified atom stereocenters. The molecular formula is C12H21NO4. The Morgan fingerprint density at radius 3 is 2.71 bits per heavy atom. The number of morpholine rings is 1. The van der Waals surface area contributed by atoms with E-state index in [0.29, 0.717) is 26.0 Å². The summed E-state index contributed by atoms with van der Waals surface area (Å²) in [5.41, 5.74) is 0. The topological polar surface area (TPSA) is 66.8 Å². The van der Waals surface area contributed by atoms with Crippen molar-refractivity contribution in [2.75, 3.05) is 13.2 Å². The fraction of sp³-hybridized carbons (Fsp3) is 0.833. The second-order valence-corrected chi connectivity index (χ2v) is 4.50. The summed E-state index contributed by atoms with van der Waals surface area (Å²) >= 11 is 0. The minimum atomic E-state index is -0.847. The quantitative estimate of drug-likeness (QED) is 0.789. The Bertz CT molecular complexity index is 280. The van der Waals surface area contributed by atoms with Gasteiger partial charge >= 0.3 is 5.97 Å². The molecule has 2 atom stereocenters. The van der Waals surface area contributed by atoms with Crippen LogP contribution in [0.25, 0.3) is 0 Å². The van der Waals surface area contributed by atoms with Gasteiger partial charge in [0.1, 0.15) is 0 Å². The maximum absolute atomic E-state index is 12.0. The molecule has 17 heavy (non-hydrogen) atoms. The van der Waals surface area contributed by atoms with Crippen molar-refractivity contribution < 1.29 is 19.4 Å². The van der Waals surface area contributed by atoms with Crippen LogP contribution in [0.2, 0.25) is 0 Å². The molecule has 0 bridgehead atoms. The van der Waals surface area contributed by atoms with Crippen molar-refractivity contribution in [2.45, 2.75) is 51.7 Å². The number of hydrogen-bond donors (Lipinski definition) is 1. The molecule has 5 nitrogen and oxygen atoms in total. The van der Waals surface area contributed by atoms with E-state index in [9.17, 15) is 9.59 Å². The molecule has 1 amide bonds. The van der Waals surface area contributed by atoms with Gasteiger partial charge in [-0.1, -0.05) is 6.92 Å². The van der Waals surface area contributed by atoms with E-state index in [1.54, 1.807) is 0 Å². The van der Waals surface area contributed by atoms with E-state index < -0.39 is 5.97 Å². The van der Waals surface area contributed by atoms with E-state index in [2.05, 4.69) is 0 Å². The largest absolute Gasteiger partial charge is 0.481 e. The van der Waals surface area contributed by atoms with Gasteiger partial charge in [0.15, 0.2) is 0 Å². The Hall–Kier alpha value is -1.10. The Labute approximate surface area is 102 Å². The molecule has 0 aromatic rings. The highest BCUT2D eigenvalue weighted by atomic mass is 16.5. The Kier molecular flexibility index (Phi) is 5.41. The average molecular weight is 243 g/mol. The zero-order valence-electron chi connectivity index (χ0n) is 10.5. The molecule has 0 saturated carbocycles. The lowest BCUT2D eigenvalue weighted by molar-refractivity contribution is -0.144. The molecule has 5 heteroatoms. The highest BCUT2D eigenvalue weighted by Crippen LogP contribution is 2.16. The standard InChI is InChI=1S/C12H21NO4/c1-3-10-8-17-9(2)7-13(10)11(14)5-4-6-12(15)16/h9-10H,3-8H2,1-2H3,(H,15,16). The average Bonchev–Trinajstić information content (AvgIpc) is 2.28. The number of carbonyl (C=O) groups is 2. The van der Waals surface area contributed by atoms with Crippen LogP contribution in [0.15, 0.2) is 0 Å². The molecule has 0 spiro atoms. The number of rotatable bonds is 5. The summed E-state index contributed by atoms with van der Waals surface area (Å²) in [6.07, 6.45) is 1.73. The lowest BCUT2D eigenvalue weighted by Crippen LogP contribution is -2.51. The fourth-order valence-corrected chi connectivity index (χ4v) is 2.02. The van der Waals surface area contributed by atoms with Gasteiger partial charge in [-0.2, -0.15) is 0 Å². The number of hydrogen-bond acceptors (Lipinski definition) is 3. The smallest absolute Gasteiger partial charge is 0.303 e. The number of nitrogens with zero attached hydrogens (tertiary/aromatic N) is 1. The summed E-state index contributed by atoms with van der Waals surface area (Å²) < 4.78 is 5.52. The minimum Gasteiger partial charge on any atom is -0.481 e. The molecule has 1 aliphatic heterocycles. The number of carbonyl (C=O) groups excluding carboxylic acids is 1. The third kappa shape index (κ3) is 4.34. The normalized spacial score (nSPS) is 24.7. The first kappa shape index (κ1) is 14.0. The molecule has 1 rings (SSSR count). The van der Waals surface area contributed by atoms with Gasteiger partial charge in [-0.15, -0.1) is 0 Å². The number of carboxylic acid groups (broad SMARTS) is 1. The van der Waals surface area contributed by atoms with Crippen LogP contribution in [0.5, 0.6) is 0 Å². The van der Waals surface area contributed by atoms with E-state index in [1.165, 1.54) is 0 Å². The van der Waals surface area contributed by atoms with Crippen LogP contribution in [0.4, 0.5) is 0 Å². The summed E-state index contributed by atoms with van der Waals surface area (Å²) in [7, 11) is 0. The van der Waals surface area contributed by atoms with Crippen LogP contribution < -0.4 is 0 Å². The van der Waals surface area contributed by atoms with Crippen LogP contribution in [0.1, 0.15) is 39.5 Å². The molecule has 0 aromatic carbocycles. The van der Waals surface area contributed by atoms with Gasteiger partial charge in [0.25, 0.3) is 0 Å². The summed E-state index contributed by atoms with van der Waals surface area (Å²) in [6, 6.07) is 0.142. The van der Waals surface area contributed by atoms with Gasteiger partial charge in [-0.05, 0) is 19.8 Å². The molecule has 0 aliphatic carbocycles. The summed E-state index contributed by atoms with van der Waals surface area (Å²) in [5, 5.41) is 8.53. The van der Waals surface area contributed by atoms with Crippen molar-refractivity contribution >= 4 is 11.9 Å². The zero-order valence-corrected chi connectivity index (χ0v) is 10.5. The molecule has 1 heterocycles. The Balaban J connectivity index is 2.44. The Morgan fingerprint density at radius 1 is 1.41 bits per heavy atom. The lowest BCUT2D eigenvalue weighted by atomic mass is 10.1. The molecule has 1 saturated heterocycles. The molecule has 0 aromatic heterocycles. The van der Waals surface area contributed by atoms with E-state index in [1.807, 2.05) is 18.7 Å². The van der Waals surface area contributed by atoms with E-state index >= 15 is 0 Å². The van der Waals surface area contributed by atoms with Crippen molar-refractivity contribution in [1.82, 2.24) is 4.90 Å². The SMILES string of the molecule is CCC1COC(C)CN1C(=O)CCCC(=O)O. The second kappa shape index (κ2) is 6.59. The van der Waals surface area contributed by atoms with Gasteiger partial charge in [-0.25, -0.2) is 0 Å². The van der Waals surface area contributed by atoms with Crippen LogP contribution in [0, 0.1) is 0 Å². The molecule has 1 N–H and O–H groups in total. The van der Waals surface area contributed by atoms with Crippen molar-refractivity contribution in [3.63, 3.8) is 0 Å². The number of amides is 1. The predicted molar refractivity (Wildman–Crippen MR) is 62.7 cm³/mol. The monoisotopic (exact) mass is 243 g/mol. The van der Waals surface area contributed by atoms with Gasteiger partial charge in [-0.3, -0.25) is 9.59 Å². The Morgan fingerprint density at radius 2 is 2.12 bits per heavy atom. The lowest BCUT2D eigenvalue weighted by Gasteiger charge is -2.38. The second-order valence-electron chi connectivity index (χ2n) is 4.50. The van der Waals surface area contributed by atoms with Crippen LogP contribution in [0.3, 0.4) is 0 Å². The minimum absolute atomic E-state index is 0.0493. The van der Waals surface area contributed by atoms with Crippen molar-refractivity contribution in [1.29, 1.82) is 0 Å². The first-order valence-corrected chi connectivity index (χ1v) is 6.17. The third-order valence-corrected chi connectivity index (χ3v) is 3.04. The van der Waals surface area contributed by atoms with E-state index in [-0.39, 0.29) is 24.5 Å². The van der Waals surface area contributed by atoms with Crippen molar-refractivity contribution in [3.05, 3.63) is 0 Å². The summed E-state index contributed by atoms with van der Waals surface area (Å²) in [6.45, 7) is 5.18. The maximum atomic E-state index is 12.0. The first-order valence-electron chi connectivity index (χ1n) is 6.17. The summed E-state index contributed by atoms with van der Waals surface area (Å²) in [5.74, 6) is -0.798. The highest BCUT2D eigenvalue weighted by molar-refractivity contribution is 5.77. The van der Waals surface area contributed by atoms with E-state index in [0.717, 1.165) is 6.42 Å².